The maximum Gasteiger partial charge on any atom is 0.271 e. The van der Waals surface area contributed by atoms with E-state index >= 15 is 0 Å². The fourth-order valence-corrected chi connectivity index (χ4v) is 2.91. The van der Waals surface area contributed by atoms with Crippen LogP contribution in [0.1, 0.15) is 27.3 Å². The first-order chi connectivity index (χ1) is 14.2. The predicted molar refractivity (Wildman–Crippen MR) is 111 cm³/mol. The molecule has 0 aliphatic carbocycles. The van der Waals surface area contributed by atoms with E-state index in [4.69, 9.17) is 4.74 Å². The average molecular weight is 385 g/mol. The highest BCUT2D eigenvalue weighted by atomic mass is 16.5. The van der Waals surface area contributed by atoms with Crippen LogP contribution in [0.5, 0.6) is 5.75 Å². The number of aromatic amines is 1. The quantitative estimate of drug-likeness (QED) is 0.393. The smallest absolute Gasteiger partial charge is 0.271 e. The van der Waals surface area contributed by atoms with Crippen molar-refractivity contribution in [1.82, 2.24) is 20.4 Å². The van der Waals surface area contributed by atoms with Crippen molar-refractivity contribution in [2.75, 3.05) is 7.11 Å². The van der Waals surface area contributed by atoms with Crippen molar-refractivity contribution in [2.24, 2.45) is 5.10 Å². The summed E-state index contributed by atoms with van der Waals surface area (Å²) < 4.78 is 5.18. The van der Waals surface area contributed by atoms with Crippen molar-refractivity contribution in [1.29, 1.82) is 0 Å². The van der Waals surface area contributed by atoms with Gasteiger partial charge in [0.2, 0.25) is 0 Å². The van der Waals surface area contributed by atoms with Gasteiger partial charge in [-0.25, -0.2) is 10.4 Å². The number of hydrogen-bond acceptors (Lipinski definition) is 5. The molecule has 0 atom stereocenters. The molecule has 0 spiro atoms. The van der Waals surface area contributed by atoms with Crippen molar-refractivity contribution in [3.05, 3.63) is 89.5 Å². The number of carbonyl (C=O) groups excluding carboxylic acids is 1. The molecule has 0 saturated heterocycles. The average Bonchev–Trinajstić information content (AvgIpc) is 3.16. The van der Waals surface area contributed by atoms with Crippen molar-refractivity contribution in [3.63, 3.8) is 0 Å². The Bertz CT molecular complexity index is 1150. The lowest BCUT2D eigenvalue weighted by Gasteiger charge is -2.01. The number of ether oxygens (including phenoxy) is 1. The maximum atomic E-state index is 12.4. The van der Waals surface area contributed by atoms with Gasteiger partial charge in [-0.1, -0.05) is 18.2 Å². The van der Waals surface area contributed by atoms with Gasteiger partial charge < -0.3 is 9.72 Å². The van der Waals surface area contributed by atoms with Gasteiger partial charge in [-0.2, -0.15) is 5.10 Å². The lowest BCUT2D eigenvalue weighted by molar-refractivity contribution is 0.0955. The lowest BCUT2D eigenvalue weighted by atomic mass is 10.1. The second kappa shape index (κ2) is 8.35. The third-order valence-corrected chi connectivity index (χ3v) is 4.39. The Morgan fingerprint density at radius 2 is 2.07 bits per heavy atom. The molecule has 0 aliphatic heterocycles. The van der Waals surface area contributed by atoms with E-state index in [2.05, 4.69) is 25.5 Å². The number of aromatic nitrogens is 3. The van der Waals surface area contributed by atoms with E-state index in [1.54, 1.807) is 43.9 Å². The zero-order valence-electron chi connectivity index (χ0n) is 15.8. The third kappa shape index (κ3) is 4.47. The number of fused-ring (bicyclic) bond motifs is 1. The Morgan fingerprint density at radius 1 is 1.21 bits per heavy atom. The van der Waals surface area contributed by atoms with E-state index in [1.807, 2.05) is 36.4 Å². The number of nitrogens with zero attached hydrogens (tertiary/aromatic N) is 3. The molecule has 0 bridgehead atoms. The van der Waals surface area contributed by atoms with Gasteiger partial charge in [0.15, 0.2) is 0 Å². The number of methoxy groups -OCH3 is 1. The summed E-state index contributed by atoms with van der Waals surface area (Å²) in [7, 11) is 1.65. The molecule has 2 aromatic heterocycles. The summed E-state index contributed by atoms with van der Waals surface area (Å²) in [6, 6.07) is 16.8. The van der Waals surface area contributed by atoms with E-state index in [9.17, 15) is 4.79 Å². The Morgan fingerprint density at radius 3 is 2.83 bits per heavy atom. The summed E-state index contributed by atoms with van der Waals surface area (Å²) in [5.41, 5.74) is 6.56. The standard InChI is InChI=1S/C22H19N5O2/c1-29-18-7-4-15(5-8-18)11-21-25-19-9-6-17(12-20(19)26-21)22(28)27-24-14-16-3-2-10-23-13-16/h2-10,12-14H,11H2,1H3,(H,25,26)(H,27,28)/b24-14-. The summed E-state index contributed by atoms with van der Waals surface area (Å²) in [5.74, 6) is 1.36. The highest BCUT2D eigenvalue weighted by molar-refractivity contribution is 5.97. The molecule has 2 heterocycles. The monoisotopic (exact) mass is 385 g/mol. The van der Waals surface area contributed by atoms with Crippen LogP contribution in [-0.4, -0.2) is 34.2 Å². The Labute approximate surface area is 167 Å². The second-order valence-electron chi connectivity index (χ2n) is 6.43. The van der Waals surface area contributed by atoms with Crippen molar-refractivity contribution in [3.8, 4) is 5.75 Å². The molecule has 4 rings (SSSR count). The number of benzene rings is 2. The van der Waals surface area contributed by atoms with Crippen LogP contribution in [0, 0.1) is 0 Å². The van der Waals surface area contributed by atoms with Gasteiger partial charge in [0.1, 0.15) is 11.6 Å². The van der Waals surface area contributed by atoms with Crippen LogP contribution in [0.4, 0.5) is 0 Å². The molecule has 7 heteroatoms. The number of pyridine rings is 1. The number of rotatable bonds is 6. The Hall–Kier alpha value is -4.00. The van der Waals surface area contributed by atoms with Gasteiger partial charge in [0, 0.05) is 29.9 Å². The number of hydrogen-bond donors (Lipinski definition) is 2. The van der Waals surface area contributed by atoms with Crippen LogP contribution in [0.2, 0.25) is 0 Å². The Kier molecular flexibility index (Phi) is 5.29. The summed E-state index contributed by atoms with van der Waals surface area (Å²) >= 11 is 0. The number of imidazole rings is 1. The van der Waals surface area contributed by atoms with Gasteiger partial charge >= 0.3 is 0 Å². The lowest BCUT2D eigenvalue weighted by Crippen LogP contribution is -2.17. The minimum Gasteiger partial charge on any atom is -0.497 e. The van der Waals surface area contributed by atoms with Crippen LogP contribution in [0.3, 0.4) is 0 Å². The highest BCUT2D eigenvalue weighted by Crippen LogP contribution is 2.18. The topological polar surface area (TPSA) is 92.3 Å². The fourth-order valence-electron chi connectivity index (χ4n) is 2.91. The maximum absolute atomic E-state index is 12.4. The minimum atomic E-state index is -0.293. The molecule has 1 amide bonds. The number of carbonyl (C=O) groups is 1. The normalized spacial score (nSPS) is 11.1. The zero-order chi connectivity index (χ0) is 20.1. The molecular formula is C22H19N5O2. The SMILES string of the molecule is COc1ccc(Cc2nc3ccc(C(=O)N/N=C\c4cccnc4)cc3[nH]2)cc1. The van der Waals surface area contributed by atoms with Crippen molar-refractivity contribution >= 4 is 23.2 Å². The van der Waals surface area contributed by atoms with E-state index < -0.39 is 0 Å². The summed E-state index contributed by atoms with van der Waals surface area (Å²) in [6.45, 7) is 0. The molecule has 4 aromatic rings. The minimum absolute atomic E-state index is 0.293. The zero-order valence-corrected chi connectivity index (χ0v) is 15.8. The van der Waals surface area contributed by atoms with E-state index in [0.29, 0.717) is 12.0 Å². The molecular weight excluding hydrogens is 366 g/mol. The summed E-state index contributed by atoms with van der Waals surface area (Å²) in [6.07, 6.45) is 5.55. The molecule has 144 valence electrons. The number of H-pyrrole nitrogens is 1. The first-order valence-corrected chi connectivity index (χ1v) is 9.06. The highest BCUT2D eigenvalue weighted by Gasteiger charge is 2.09. The van der Waals surface area contributed by atoms with E-state index in [-0.39, 0.29) is 5.91 Å². The van der Waals surface area contributed by atoms with Crippen LogP contribution < -0.4 is 10.2 Å². The molecule has 0 aliphatic rings. The first-order valence-electron chi connectivity index (χ1n) is 9.06. The fraction of sp³-hybridized carbons (Fsp3) is 0.0909. The molecule has 0 fully saturated rings. The van der Waals surface area contributed by atoms with Gasteiger partial charge in [-0.15, -0.1) is 0 Å². The predicted octanol–water partition coefficient (Wildman–Crippen LogP) is 3.32. The van der Waals surface area contributed by atoms with Gasteiger partial charge in [0.05, 0.1) is 24.4 Å². The van der Waals surface area contributed by atoms with Crippen LogP contribution in [0.25, 0.3) is 11.0 Å². The molecule has 0 unspecified atom stereocenters. The molecule has 7 nitrogen and oxygen atoms in total. The number of nitrogens with one attached hydrogen (secondary N) is 2. The molecule has 0 saturated carbocycles. The third-order valence-electron chi connectivity index (χ3n) is 4.39. The van der Waals surface area contributed by atoms with Gasteiger partial charge in [-0.05, 0) is 42.0 Å². The Balaban J connectivity index is 1.45. The number of amides is 1. The summed E-state index contributed by atoms with van der Waals surface area (Å²) in [4.78, 5) is 24.2. The van der Waals surface area contributed by atoms with E-state index in [1.165, 1.54) is 0 Å². The summed E-state index contributed by atoms with van der Waals surface area (Å²) in [5, 5.41) is 3.97. The van der Waals surface area contributed by atoms with Crippen LogP contribution in [0.15, 0.2) is 72.1 Å². The van der Waals surface area contributed by atoms with Gasteiger partial charge in [-0.3, -0.25) is 9.78 Å². The van der Waals surface area contributed by atoms with Gasteiger partial charge in [0.25, 0.3) is 5.91 Å². The molecule has 2 aromatic carbocycles. The van der Waals surface area contributed by atoms with E-state index in [0.717, 1.165) is 33.7 Å². The van der Waals surface area contributed by atoms with Crippen LogP contribution >= 0.6 is 0 Å². The molecule has 29 heavy (non-hydrogen) atoms. The molecule has 2 N–H and O–H groups in total. The second-order valence-corrected chi connectivity index (χ2v) is 6.43. The first kappa shape index (κ1) is 18.4. The number of hydrazone groups is 1. The largest absolute Gasteiger partial charge is 0.497 e. The van der Waals surface area contributed by atoms with Crippen molar-refractivity contribution < 1.29 is 9.53 Å². The van der Waals surface area contributed by atoms with Crippen molar-refractivity contribution in [2.45, 2.75) is 6.42 Å². The van der Waals surface area contributed by atoms with Crippen LogP contribution in [-0.2, 0) is 6.42 Å². The molecule has 0 radical (unpaired) electrons.